The van der Waals surface area contributed by atoms with E-state index in [-0.39, 0.29) is 25.9 Å². The zero-order valence-electron chi connectivity index (χ0n) is 46.1. The molecule has 0 aromatic carbocycles. The number of aliphatic hydroxyl groups is 1. The third kappa shape index (κ3) is 52.1. The van der Waals surface area contributed by atoms with Crippen molar-refractivity contribution in [3.05, 3.63) is 60.8 Å². The van der Waals surface area contributed by atoms with Gasteiger partial charge in [0.05, 0.1) is 19.8 Å². The van der Waals surface area contributed by atoms with Crippen LogP contribution >= 0.6 is 7.82 Å². The van der Waals surface area contributed by atoms with Crippen LogP contribution in [-0.2, 0) is 42.2 Å². The molecule has 0 saturated carbocycles. The number of carbonyl (C=O) groups is 3. The lowest BCUT2D eigenvalue weighted by Crippen LogP contribution is -2.30. The van der Waals surface area contributed by atoms with E-state index in [1.807, 2.05) is 0 Å². The Hall–Kier alpha value is -2.82. The molecular formula is C60H107O11P. The number of hydrogen-bond acceptors (Lipinski definition) is 10. The van der Waals surface area contributed by atoms with E-state index < -0.39 is 57.8 Å². The van der Waals surface area contributed by atoms with Crippen LogP contribution in [0.25, 0.3) is 0 Å². The number of hydrogen-bond donors (Lipinski definition) is 2. The third-order valence-electron chi connectivity index (χ3n) is 12.4. The van der Waals surface area contributed by atoms with Gasteiger partial charge >= 0.3 is 25.7 Å². The summed E-state index contributed by atoms with van der Waals surface area (Å²) < 4.78 is 39.5. The smallest absolute Gasteiger partial charge is 0.462 e. The van der Waals surface area contributed by atoms with Crippen molar-refractivity contribution in [2.24, 2.45) is 0 Å². The summed E-state index contributed by atoms with van der Waals surface area (Å²) in [6.07, 6.45) is 58.8. The Morgan fingerprint density at radius 2 is 0.722 bits per heavy atom. The predicted octanol–water partition coefficient (Wildman–Crippen LogP) is 17.1. The van der Waals surface area contributed by atoms with Crippen molar-refractivity contribution < 1.29 is 52.2 Å². The van der Waals surface area contributed by atoms with E-state index in [4.69, 9.17) is 23.3 Å². The van der Waals surface area contributed by atoms with Gasteiger partial charge < -0.3 is 24.2 Å². The molecule has 0 bridgehead atoms. The Morgan fingerprint density at radius 1 is 0.403 bits per heavy atom. The Labute approximate surface area is 440 Å². The number of unbranched alkanes of at least 4 members (excludes halogenated alkanes) is 27. The zero-order chi connectivity index (χ0) is 52.7. The number of allylic oxidation sites excluding steroid dienone is 10. The van der Waals surface area contributed by atoms with Crippen molar-refractivity contribution in [1.29, 1.82) is 0 Å². The molecule has 12 heteroatoms. The summed E-state index contributed by atoms with van der Waals surface area (Å²) in [6, 6.07) is 0. The van der Waals surface area contributed by atoms with E-state index in [1.165, 1.54) is 96.3 Å². The maximum atomic E-state index is 12.9. The Balaban J connectivity index is 4.72. The second kappa shape index (κ2) is 54.4. The summed E-state index contributed by atoms with van der Waals surface area (Å²) in [6.45, 7) is 4.50. The van der Waals surface area contributed by atoms with Crippen molar-refractivity contribution in [3.63, 3.8) is 0 Å². The highest BCUT2D eigenvalue weighted by Gasteiger charge is 2.28. The van der Waals surface area contributed by atoms with E-state index in [1.54, 1.807) is 0 Å². The summed E-state index contributed by atoms with van der Waals surface area (Å²) in [5.41, 5.74) is 0. The molecule has 11 nitrogen and oxygen atoms in total. The van der Waals surface area contributed by atoms with Gasteiger partial charge in [-0.1, -0.05) is 223 Å². The first kappa shape index (κ1) is 69.2. The fourth-order valence-electron chi connectivity index (χ4n) is 7.99. The first-order valence-electron chi connectivity index (χ1n) is 29.2. The molecule has 0 spiro atoms. The van der Waals surface area contributed by atoms with Crippen LogP contribution in [0.5, 0.6) is 0 Å². The second-order valence-electron chi connectivity index (χ2n) is 19.4. The number of carbonyl (C=O) groups excluding carboxylic acids is 3. The molecule has 0 radical (unpaired) electrons. The summed E-state index contributed by atoms with van der Waals surface area (Å²) in [5, 5.41) is 9.81. The lowest BCUT2D eigenvalue weighted by Gasteiger charge is -2.21. The maximum Gasteiger partial charge on any atom is 0.472 e. The SMILES string of the molecule is CC/C=C\C/C=C\C/C=C\CCCCCCCC(=O)OC(CO)COP(=O)(O)OCC(COC(=O)CCCCCCCCCCCCCCC)OC(=O)CCCCCCCCC/C=C\C/C=C\CCCCC. The highest BCUT2D eigenvalue weighted by molar-refractivity contribution is 7.47. The topological polar surface area (TPSA) is 155 Å². The molecule has 0 aliphatic rings. The number of phosphoric acid groups is 1. The van der Waals surface area contributed by atoms with E-state index >= 15 is 0 Å². The molecule has 2 N–H and O–H groups in total. The van der Waals surface area contributed by atoms with Crippen LogP contribution in [0.3, 0.4) is 0 Å². The second-order valence-corrected chi connectivity index (χ2v) is 20.9. The number of esters is 3. The highest BCUT2D eigenvalue weighted by Crippen LogP contribution is 2.43. The van der Waals surface area contributed by atoms with E-state index in [9.17, 15) is 28.9 Å². The largest absolute Gasteiger partial charge is 0.472 e. The zero-order valence-corrected chi connectivity index (χ0v) is 47.0. The molecule has 0 saturated heterocycles. The van der Waals surface area contributed by atoms with Gasteiger partial charge in [-0.15, -0.1) is 0 Å². The van der Waals surface area contributed by atoms with Gasteiger partial charge in [-0.25, -0.2) is 4.57 Å². The summed E-state index contributed by atoms with van der Waals surface area (Å²) in [5.74, 6) is -1.48. The molecule has 3 unspecified atom stereocenters. The van der Waals surface area contributed by atoms with Crippen LogP contribution in [0.1, 0.15) is 265 Å². The van der Waals surface area contributed by atoms with Crippen LogP contribution in [0.15, 0.2) is 60.8 Å². The predicted molar refractivity (Wildman–Crippen MR) is 298 cm³/mol. The average Bonchev–Trinajstić information content (AvgIpc) is 3.37. The van der Waals surface area contributed by atoms with Crippen molar-refractivity contribution in [2.45, 2.75) is 277 Å². The van der Waals surface area contributed by atoms with Crippen LogP contribution in [-0.4, -0.2) is 66.5 Å². The molecule has 0 aromatic heterocycles. The van der Waals surface area contributed by atoms with E-state index in [2.05, 4.69) is 81.5 Å². The van der Waals surface area contributed by atoms with Crippen molar-refractivity contribution in [2.75, 3.05) is 26.4 Å². The van der Waals surface area contributed by atoms with Gasteiger partial charge in [0.1, 0.15) is 12.7 Å². The van der Waals surface area contributed by atoms with Crippen molar-refractivity contribution >= 4 is 25.7 Å². The minimum Gasteiger partial charge on any atom is -0.462 e. The van der Waals surface area contributed by atoms with Crippen LogP contribution in [0.4, 0.5) is 0 Å². The van der Waals surface area contributed by atoms with Gasteiger partial charge in [0.2, 0.25) is 0 Å². The molecule has 0 rings (SSSR count). The fourth-order valence-corrected chi connectivity index (χ4v) is 8.77. The van der Waals surface area contributed by atoms with Crippen molar-refractivity contribution in [3.8, 4) is 0 Å². The molecular weight excluding hydrogens is 928 g/mol. The molecule has 0 aromatic rings. The molecule has 0 amide bonds. The van der Waals surface area contributed by atoms with Crippen LogP contribution < -0.4 is 0 Å². The van der Waals surface area contributed by atoms with Gasteiger partial charge in [-0.2, -0.15) is 0 Å². The Kier molecular flexibility index (Phi) is 52.3. The number of aliphatic hydroxyl groups excluding tert-OH is 1. The monoisotopic (exact) mass is 1030 g/mol. The Bertz CT molecular complexity index is 1440. The fraction of sp³-hybridized carbons (Fsp3) is 0.783. The normalized spacial score (nSPS) is 13.8. The van der Waals surface area contributed by atoms with Gasteiger partial charge in [-0.05, 0) is 83.5 Å². The minimum atomic E-state index is -4.75. The van der Waals surface area contributed by atoms with E-state index in [0.717, 1.165) is 109 Å². The van der Waals surface area contributed by atoms with Gasteiger partial charge in [-0.3, -0.25) is 23.4 Å². The third-order valence-corrected chi connectivity index (χ3v) is 13.4. The first-order valence-corrected chi connectivity index (χ1v) is 30.7. The Morgan fingerprint density at radius 3 is 1.14 bits per heavy atom. The van der Waals surface area contributed by atoms with Crippen molar-refractivity contribution in [1.82, 2.24) is 0 Å². The highest BCUT2D eigenvalue weighted by atomic mass is 31.2. The molecule has 72 heavy (non-hydrogen) atoms. The number of rotatable bonds is 54. The number of phosphoric ester groups is 1. The standard InChI is InChI=1S/C60H107O11P/c1-4-7-10-13-16-19-22-25-27-28-30-33-36-39-42-45-48-51-60(64)71-57(53-67-58(62)49-46-43-40-37-34-31-24-21-18-15-12-9-6-3)55-69-72(65,66)68-54-56(52-61)70-59(63)50-47-44-41-38-35-32-29-26-23-20-17-14-11-8-5-2/h8,11,16-17,19-20,25-27,29,56-57,61H,4-7,9-10,12-15,18,21-24,28,30-55H2,1-3H3,(H,65,66)/b11-8-,19-16-,20-17-,27-25-,29-26-. The lowest BCUT2D eigenvalue weighted by atomic mass is 10.0. The number of ether oxygens (including phenoxy) is 3. The van der Waals surface area contributed by atoms with Gasteiger partial charge in [0.15, 0.2) is 6.10 Å². The molecule has 3 atom stereocenters. The molecule has 0 heterocycles. The summed E-state index contributed by atoms with van der Waals surface area (Å²) in [4.78, 5) is 48.5. The molecule has 0 fully saturated rings. The van der Waals surface area contributed by atoms with Gasteiger partial charge in [0, 0.05) is 19.3 Å². The minimum absolute atomic E-state index is 0.157. The summed E-state index contributed by atoms with van der Waals surface area (Å²) >= 11 is 0. The van der Waals surface area contributed by atoms with Gasteiger partial charge in [0.25, 0.3) is 0 Å². The first-order chi connectivity index (χ1) is 35.2. The average molecular weight is 1040 g/mol. The maximum absolute atomic E-state index is 12.9. The molecule has 0 aliphatic heterocycles. The summed E-state index contributed by atoms with van der Waals surface area (Å²) in [7, 11) is -4.75. The van der Waals surface area contributed by atoms with E-state index in [0.29, 0.717) is 19.3 Å². The van der Waals surface area contributed by atoms with Crippen LogP contribution in [0.2, 0.25) is 0 Å². The molecule has 0 aliphatic carbocycles. The molecule has 418 valence electrons. The quantitative estimate of drug-likeness (QED) is 0.0197. The van der Waals surface area contributed by atoms with Crippen LogP contribution in [0, 0.1) is 0 Å². The lowest BCUT2D eigenvalue weighted by molar-refractivity contribution is -0.161.